The second-order valence-corrected chi connectivity index (χ2v) is 6.19. The first-order valence-electron chi connectivity index (χ1n) is 6.77. The van der Waals surface area contributed by atoms with Crippen molar-refractivity contribution in [2.24, 2.45) is 0 Å². The highest BCUT2D eigenvalue weighted by Gasteiger charge is 2.11. The van der Waals surface area contributed by atoms with E-state index in [2.05, 4.69) is 24.1 Å². The van der Waals surface area contributed by atoms with Crippen LogP contribution in [0, 0.1) is 13.8 Å². The lowest BCUT2D eigenvalue weighted by Crippen LogP contribution is -2.15. The molecule has 1 aromatic carbocycles. The third-order valence-electron chi connectivity index (χ3n) is 3.28. The molecule has 2 rings (SSSR count). The van der Waals surface area contributed by atoms with Crippen LogP contribution in [-0.2, 0) is 11.2 Å². The van der Waals surface area contributed by atoms with Gasteiger partial charge >= 0.3 is 0 Å². The van der Waals surface area contributed by atoms with Gasteiger partial charge in [0.2, 0.25) is 5.91 Å². The Bertz CT molecular complexity index is 617. The van der Waals surface area contributed by atoms with E-state index in [1.807, 2.05) is 37.4 Å². The smallest absolute Gasteiger partial charge is 0.230 e. The van der Waals surface area contributed by atoms with Crippen LogP contribution in [0.3, 0.4) is 0 Å². The number of anilines is 1. The number of hydrogen-bond acceptors (Lipinski definition) is 3. The third kappa shape index (κ3) is 3.45. The van der Waals surface area contributed by atoms with E-state index in [0.717, 1.165) is 22.0 Å². The van der Waals surface area contributed by atoms with Crippen molar-refractivity contribution in [1.29, 1.82) is 0 Å². The van der Waals surface area contributed by atoms with Crippen LogP contribution in [0.15, 0.2) is 23.6 Å². The summed E-state index contributed by atoms with van der Waals surface area (Å²) in [5.41, 5.74) is 4.02. The molecule has 0 saturated carbocycles. The number of amides is 1. The van der Waals surface area contributed by atoms with Crippen LogP contribution in [0.1, 0.15) is 41.6 Å². The Labute approximate surface area is 124 Å². The number of thiazole rings is 1. The molecule has 0 aliphatic rings. The average Bonchev–Trinajstić information content (AvgIpc) is 2.83. The molecule has 0 saturated heterocycles. The summed E-state index contributed by atoms with van der Waals surface area (Å²) in [7, 11) is 0. The van der Waals surface area contributed by atoms with Gasteiger partial charge in [0, 0.05) is 17.0 Å². The van der Waals surface area contributed by atoms with E-state index in [9.17, 15) is 4.79 Å². The molecule has 0 aliphatic heterocycles. The Hall–Kier alpha value is -1.68. The summed E-state index contributed by atoms with van der Waals surface area (Å²) < 4.78 is 0. The van der Waals surface area contributed by atoms with E-state index >= 15 is 0 Å². The van der Waals surface area contributed by atoms with Gasteiger partial charge in [0.15, 0.2) is 0 Å². The molecule has 0 atom stereocenters. The number of aryl methyl sites for hydroxylation is 1. The molecule has 0 radical (unpaired) electrons. The predicted molar refractivity (Wildman–Crippen MR) is 84.5 cm³/mol. The van der Waals surface area contributed by atoms with Gasteiger partial charge in [0.05, 0.1) is 17.1 Å². The van der Waals surface area contributed by atoms with Crippen LogP contribution >= 0.6 is 11.3 Å². The van der Waals surface area contributed by atoms with E-state index in [0.29, 0.717) is 12.3 Å². The maximum Gasteiger partial charge on any atom is 0.230 e. The van der Waals surface area contributed by atoms with Gasteiger partial charge in [-0.05, 0) is 31.0 Å². The summed E-state index contributed by atoms with van der Waals surface area (Å²) >= 11 is 1.62. The number of rotatable bonds is 4. The number of nitrogens with one attached hydrogen (secondary N) is 1. The minimum Gasteiger partial charge on any atom is -0.325 e. The highest BCUT2D eigenvalue weighted by atomic mass is 32.1. The highest BCUT2D eigenvalue weighted by Crippen LogP contribution is 2.21. The highest BCUT2D eigenvalue weighted by molar-refractivity contribution is 7.09. The zero-order valence-corrected chi connectivity index (χ0v) is 13.2. The summed E-state index contributed by atoms with van der Waals surface area (Å²) in [6, 6.07) is 5.93. The molecule has 106 valence electrons. The molecule has 1 aromatic heterocycles. The van der Waals surface area contributed by atoms with Gasteiger partial charge in [-0.25, -0.2) is 4.98 Å². The normalized spacial score (nSPS) is 10.8. The molecular weight excluding hydrogens is 268 g/mol. The van der Waals surface area contributed by atoms with Crippen LogP contribution < -0.4 is 5.32 Å². The molecule has 0 spiro atoms. The maximum absolute atomic E-state index is 12.1. The Morgan fingerprint density at radius 3 is 2.75 bits per heavy atom. The predicted octanol–water partition coefficient (Wildman–Crippen LogP) is 4.06. The SMILES string of the molecule is Cc1cccc(NC(=O)Cc2csc(C(C)C)n2)c1C. The fourth-order valence-corrected chi connectivity index (χ4v) is 2.75. The first-order valence-corrected chi connectivity index (χ1v) is 7.65. The molecule has 2 aromatic rings. The molecular formula is C16H20N2OS. The van der Waals surface area contributed by atoms with Gasteiger partial charge in [0.25, 0.3) is 0 Å². The number of carbonyl (C=O) groups excluding carboxylic acids is 1. The van der Waals surface area contributed by atoms with Crippen LogP contribution in [0.5, 0.6) is 0 Å². The zero-order valence-electron chi connectivity index (χ0n) is 12.4. The second-order valence-electron chi connectivity index (χ2n) is 5.30. The standard InChI is InChI=1S/C16H20N2OS/c1-10(2)16-17-13(9-20-16)8-15(19)18-14-7-5-6-11(3)12(14)4/h5-7,9-10H,8H2,1-4H3,(H,18,19). The lowest BCUT2D eigenvalue weighted by molar-refractivity contribution is -0.115. The monoisotopic (exact) mass is 288 g/mol. The largest absolute Gasteiger partial charge is 0.325 e. The maximum atomic E-state index is 12.1. The van der Waals surface area contributed by atoms with Crippen molar-refractivity contribution in [2.75, 3.05) is 5.32 Å². The molecule has 0 unspecified atom stereocenters. The minimum atomic E-state index is -0.0145. The van der Waals surface area contributed by atoms with Crippen LogP contribution in [0.4, 0.5) is 5.69 Å². The van der Waals surface area contributed by atoms with E-state index in [1.54, 1.807) is 11.3 Å². The van der Waals surface area contributed by atoms with Crippen LogP contribution in [-0.4, -0.2) is 10.9 Å². The van der Waals surface area contributed by atoms with E-state index in [4.69, 9.17) is 0 Å². The van der Waals surface area contributed by atoms with Crippen molar-refractivity contribution in [3.8, 4) is 0 Å². The summed E-state index contributed by atoms with van der Waals surface area (Å²) in [5, 5.41) is 6.02. The van der Waals surface area contributed by atoms with E-state index in [1.165, 1.54) is 5.56 Å². The van der Waals surface area contributed by atoms with E-state index < -0.39 is 0 Å². The molecule has 0 aliphatic carbocycles. The summed E-state index contributed by atoms with van der Waals surface area (Å²) in [6.45, 7) is 8.28. The number of benzene rings is 1. The van der Waals surface area contributed by atoms with Gasteiger partial charge in [0.1, 0.15) is 0 Å². The van der Waals surface area contributed by atoms with Crippen molar-refractivity contribution in [2.45, 2.75) is 40.0 Å². The number of carbonyl (C=O) groups is 1. The second kappa shape index (κ2) is 6.18. The molecule has 0 bridgehead atoms. The molecule has 3 nitrogen and oxygen atoms in total. The van der Waals surface area contributed by atoms with Crippen molar-refractivity contribution in [3.63, 3.8) is 0 Å². The van der Waals surface area contributed by atoms with Gasteiger partial charge in [-0.15, -0.1) is 11.3 Å². The average molecular weight is 288 g/mol. The third-order valence-corrected chi connectivity index (χ3v) is 4.48. The van der Waals surface area contributed by atoms with Crippen molar-refractivity contribution in [3.05, 3.63) is 45.4 Å². The van der Waals surface area contributed by atoms with Crippen molar-refractivity contribution >= 4 is 22.9 Å². The first kappa shape index (κ1) is 14.7. The van der Waals surface area contributed by atoms with Gasteiger partial charge in [-0.3, -0.25) is 4.79 Å². The summed E-state index contributed by atoms with van der Waals surface area (Å²) in [4.78, 5) is 16.6. The fraction of sp³-hybridized carbons (Fsp3) is 0.375. The van der Waals surface area contributed by atoms with Crippen LogP contribution in [0.25, 0.3) is 0 Å². The van der Waals surface area contributed by atoms with Crippen molar-refractivity contribution in [1.82, 2.24) is 4.98 Å². The fourth-order valence-electron chi connectivity index (χ4n) is 1.91. The first-order chi connectivity index (χ1) is 9.47. The number of hydrogen-bond donors (Lipinski definition) is 1. The number of nitrogens with zero attached hydrogens (tertiary/aromatic N) is 1. The molecule has 0 fully saturated rings. The topological polar surface area (TPSA) is 42.0 Å². The summed E-state index contributed by atoms with van der Waals surface area (Å²) in [5.74, 6) is 0.398. The summed E-state index contributed by atoms with van der Waals surface area (Å²) in [6.07, 6.45) is 0.330. The molecule has 20 heavy (non-hydrogen) atoms. The number of aromatic nitrogens is 1. The quantitative estimate of drug-likeness (QED) is 0.921. The van der Waals surface area contributed by atoms with Gasteiger partial charge < -0.3 is 5.32 Å². The molecule has 1 amide bonds. The van der Waals surface area contributed by atoms with Crippen molar-refractivity contribution < 1.29 is 4.79 Å². The Kier molecular flexibility index (Phi) is 4.55. The Morgan fingerprint density at radius 1 is 1.35 bits per heavy atom. The lowest BCUT2D eigenvalue weighted by Gasteiger charge is -2.09. The van der Waals surface area contributed by atoms with Gasteiger partial charge in [-0.2, -0.15) is 0 Å². The zero-order chi connectivity index (χ0) is 14.7. The lowest BCUT2D eigenvalue weighted by atomic mass is 10.1. The van der Waals surface area contributed by atoms with Gasteiger partial charge in [-0.1, -0.05) is 26.0 Å². The molecule has 1 heterocycles. The Morgan fingerprint density at radius 2 is 2.10 bits per heavy atom. The van der Waals surface area contributed by atoms with E-state index in [-0.39, 0.29) is 5.91 Å². The molecule has 1 N–H and O–H groups in total. The molecule has 4 heteroatoms. The minimum absolute atomic E-state index is 0.0145. The van der Waals surface area contributed by atoms with Crippen LogP contribution in [0.2, 0.25) is 0 Å². The Balaban J connectivity index is 2.03.